The van der Waals surface area contributed by atoms with Gasteiger partial charge in [-0.1, -0.05) is 35.0 Å². The summed E-state index contributed by atoms with van der Waals surface area (Å²) in [5.41, 5.74) is 2.14. The highest BCUT2D eigenvalue weighted by Crippen LogP contribution is 2.30. The average Bonchev–Trinajstić information content (AvgIpc) is 2.25. The molecule has 1 N–H and O–H groups in total. The predicted molar refractivity (Wildman–Crippen MR) is 69.5 cm³/mol. The maximum atomic E-state index is 10.2. The molecule has 16 heavy (non-hydrogen) atoms. The Morgan fingerprint density at radius 3 is 2.69 bits per heavy atom. The second-order valence-corrected chi connectivity index (χ2v) is 5.08. The first-order chi connectivity index (χ1) is 7.56. The van der Waals surface area contributed by atoms with Gasteiger partial charge in [0.25, 0.3) is 0 Å². The highest BCUT2D eigenvalue weighted by molar-refractivity contribution is 9.10. The Hall–Kier alpha value is -0.380. The van der Waals surface area contributed by atoms with E-state index in [9.17, 15) is 5.11 Å². The van der Waals surface area contributed by atoms with Crippen LogP contribution in [0.25, 0.3) is 0 Å². The highest BCUT2D eigenvalue weighted by atomic mass is 79.9. The lowest BCUT2D eigenvalue weighted by atomic mass is 9.94. The molecule has 0 fully saturated rings. The maximum absolute atomic E-state index is 10.2. The first-order valence-electron chi connectivity index (χ1n) is 5.49. The normalized spacial score (nSPS) is 14.8. The molecule has 3 heteroatoms. The molecule has 0 bridgehead atoms. The molecule has 2 unspecified atom stereocenters. The summed E-state index contributed by atoms with van der Waals surface area (Å²) in [5.74, 6) is 0.193. The molecule has 1 rings (SSSR count). The molecule has 0 radical (unpaired) electrons. The monoisotopic (exact) mass is 286 g/mol. The van der Waals surface area contributed by atoms with Crippen molar-refractivity contribution in [3.8, 4) is 0 Å². The molecular formula is C13H19BrO2. The Bertz CT molecular complexity index is 339. The minimum atomic E-state index is -0.440. The fourth-order valence-electron chi connectivity index (χ4n) is 1.64. The Kier molecular flexibility index (Phi) is 5.46. The van der Waals surface area contributed by atoms with E-state index in [0.29, 0.717) is 6.61 Å². The average molecular weight is 287 g/mol. The Labute approximate surface area is 106 Å². The van der Waals surface area contributed by atoms with Gasteiger partial charge in [0.15, 0.2) is 0 Å². The number of methoxy groups -OCH3 is 1. The smallest absolute Gasteiger partial charge is 0.0827 e. The van der Waals surface area contributed by atoms with Crippen molar-refractivity contribution in [2.75, 3.05) is 13.7 Å². The van der Waals surface area contributed by atoms with Gasteiger partial charge in [-0.15, -0.1) is 0 Å². The summed E-state index contributed by atoms with van der Waals surface area (Å²) < 4.78 is 6.00. The largest absolute Gasteiger partial charge is 0.388 e. The van der Waals surface area contributed by atoms with Gasteiger partial charge in [0, 0.05) is 18.2 Å². The predicted octanol–water partition coefficient (Wildman–Crippen LogP) is 3.46. The number of rotatable bonds is 5. The number of aliphatic hydroxyl groups excluding tert-OH is 1. The molecular weight excluding hydrogens is 268 g/mol. The van der Waals surface area contributed by atoms with E-state index in [1.165, 1.54) is 5.56 Å². The zero-order valence-electron chi connectivity index (χ0n) is 10.0. The minimum Gasteiger partial charge on any atom is -0.388 e. The molecule has 2 nitrogen and oxygen atoms in total. The molecule has 2 atom stereocenters. The lowest BCUT2D eigenvalue weighted by Gasteiger charge is -2.20. The second kappa shape index (κ2) is 6.38. The van der Waals surface area contributed by atoms with Gasteiger partial charge >= 0.3 is 0 Å². The SMILES string of the molecule is COCCC(C)C(O)c1ccc(C)cc1Br. The number of benzene rings is 1. The van der Waals surface area contributed by atoms with Crippen LogP contribution in [0.1, 0.15) is 30.6 Å². The van der Waals surface area contributed by atoms with Crippen LogP contribution in [0.2, 0.25) is 0 Å². The van der Waals surface area contributed by atoms with Crippen molar-refractivity contribution in [2.45, 2.75) is 26.4 Å². The van der Waals surface area contributed by atoms with Gasteiger partial charge < -0.3 is 9.84 Å². The molecule has 0 saturated carbocycles. The van der Waals surface area contributed by atoms with Crippen molar-refractivity contribution in [2.24, 2.45) is 5.92 Å². The van der Waals surface area contributed by atoms with Crippen LogP contribution < -0.4 is 0 Å². The van der Waals surface area contributed by atoms with E-state index >= 15 is 0 Å². The van der Waals surface area contributed by atoms with E-state index in [1.54, 1.807) is 7.11 Å². The van der Waals surface area contributed by atoms with E-state index in [2.05, 4.69) is 15.9 Å². The zero-order valence-corrected chi connectivity index (χ0v) is 11.6. The van der Waals surface area contributed by atoms with Crippen molar-refractivity contribution >= 4 is 15.9 Å². The van der Waals surface area contributed by atoms with E-state index in [-0.39, 0.29) is 5.92 Å². The van der Waals surface area contributed by atoms with Gasteiger partial charge in [-0.25, -0.2) is 0 Å². The van der Waals surface area contributed by atoms with Crippen molar-refractivity contribution in [1.29, 1.82) is 0 Å². The third-order valence-corrected chi connectivity index (χ3v) is 3.48. The second-order valence-electron chi connectivity index (χ2n) is 4.23. The molecule has 1 aromatic rings. The summed E-state index contributed by atoms with van der Waals surface area (Å²) in [5, 5.41) is 10.2. The van der Waals surface area contributed by atoms with E-state index in [1.807, 2.05) is 32.0 Å². The molecule has 0 saturated heterocycles. The van der Waals surface area contributed by atoms with Crippen LogP contribution in [0, 0.1) is 12.8 Å². The fourth-order valence-corrected chi connectivity index (χ4v) is 2.37. The molecule has 0 aliphatic rings. The van der Waals surface area contributed by atoms with Gasteiger partial charge in [-0.2, -0.15) is 0 Å². The zero-order chi connectivity index (χ0) is 12.1. The Balaban J connectivity index is 2.75. The third kappa shape index (κ3) is 3.58. The molecule has 1 aromatic carbocycles. The van der Waals surface area contributed by atoms with Gasteiger partial charge in [0.05, 0.1) is 6.10 Å². The minimum absolute atomic E-state index is 0.193. The Morgan fingerprint density at radius 1 is 1.44 bits per heavy atom. The summed E-state index contributed by atoms with van der Waals surface area (Å²) in [4.78, 5) is 0. The number of hydrogen-bond donors (Lipinski definition) is 1. The summed E-state index contributed by atoms with van der Waals surface area (Å²) >= 11 is 3.49. The van der Waals surface area contributed by atoms with Crippen molar-refractivity contribution in [1.82, 2.24) is 0 Å². The quantitative estimate of drug-likeness (QED) is 0.898. The van der Waals surface area contributed by atoms with Crippen LogP contribution in [-0.2, 0) is 4.74 Å². The summed E-state index contributed by atoms with van der Waals surface area (Å²) in [6, 6.07) is 6.03. The lowest BCUT2D eigenvalue weighted by molar-refractivity contribution is 0.0881. The Morgan fingerprint density at radius 2 is 2.12 bits per heavy atom. The molecule has 90 valence electrons. The van der Waals surface area contributed by atoms with Crippen molar-refractivity contribution in [3.63, 3.8) is 0 Å². The molecule has 0 aliphatic heterocycles. The van der Waals surface area contributed by atoms with Gasteiger partial charge in [0.1, 0.15) is 0 Å². The van der Waals surface area contributed by atoms with E-state index in [0.717, 1.165) is 16.5 Å². The third-order valence-electron chi connectivity index (χ3n) is 2.79. The lowest BCUT2D eigenvalue weighted by Crippen LogP contribution is -2.12. The molecule has 0 aliphatic carbocycles. The van der Waals surface area contributed by atoms with Gasteiger partial charge in [0.2, 0.25) is 0 Å². The fraction of sp³-hybridized carbons (Fsp3) is 0.538. The number of halogens is 1. The summed E-state index contributed by atoms with van der Waals surface area (Å²) in [7, 11) is 1.68. The van der Waals surface area contributed by atoms with Crippen molar-refractivity contribution < 1.29 is 9.84 Å². The highest BCUT2D eigenvalue weighted by Gasteiger charge is 2.18. The molecule has 0 aromatic heterocycles. The molecule has 0 spiro atoms. The maximum Gasteiger partial charge on any atom is 0.0827 e. The van der Waals surface area contributed by atoms with Crippen LogP contribution in [0.4, 0.5) is 0 Å². The molecule has 0 amide bonds. The van der Waals surface area contributed by atoms with Crippen LogP contribution in [0.5, 0.6) is 0 Å². The first-order valence-corrected chi connectivity index (χ1v) is 6.28. The van der Waals surface area contributed by atoms with Crippen LogP contribution in [0.15, 0.2) is 22.7 Å². The van der Waals surface area contributed by atoms with E-state index < -0.39 is 6.10 Å². The molecule has 0 heterocycles. The first kappa shape index (κ1) is 13.7. The van der Waals surface area contributed by atoms with Gasteiger partial charge in [-0.3, -0.25) is 0 Å². The number of ether oxygens (including phenoxy) is 1. The van der Waals surface area contributed by atoms with Crippen LogP contribution in [-0.4, -0.2) is 18.8 Å². The summed E-state index contributed by atoms with van der Waals surface area (Å²) in [6.07, 6.45) is 0.419. The topological polar surface area (TPSA) is 29.5 Å². The number of aryl methyl sites for hydroxylation is 1. The summed E-state index contributed by atoms with van der Waals surface area (Å²) in [6.45, 7) is 4.76. The van der Waals surface area contributed by atoms with Crippen molar-refractivity contribution in [3.05, 3.63) is 33.8 Å². The van der Waals surface area contributed by atoms with E-state index in [4.69, 9.17) is 4.74 Å². The van der Waals surface area contributed by atoms with Gasteiger partial charge in [-0.05, 0) is 36.5 Å². The van der Waals surface area contributed by atoms with Crippen LogP contribution >= 0.6 is 15.9 Å². The number of aliphatic hydroxyl groups is 1. The van der Waals surface area contributed by atoms with Crippen LogP contribution in [0.3, 0.4) is 0 Å². The number of hydrogen-bond acceptors (Lipinski definition) is 2. The standard InChI is InChI=1S/C13H19BrO2/c1-9-4-5-11(12(14)8-9)13(15)10(2)6-7-16-3/h4-5,8,10,13,15H,6-7H2,1-3H3.